The zero-order chi connectivity index (χ0) is 18.8. The van der Waals surface area contributed by atoms with Gasteiger partial charge in [-0.15, -0.1) is 22.7 Å². The number of rotatable bonds is 5. The number of carbonyl (C=O) groups excluding carboxylic acids is 2. The van der Waals surface area contributed by atoms with E-state index in [0.29, 0.717) is 20.7 Å². The molecule has 0 saturated carbocycles. The molecular formula is C18H13FN2O3S2. The van der Waals surface area contributed by atoms with Crippen molar-refractivity contribution in [3.8, 4) is 6.07 Å². The number of aryl methyl sites for hydroxylation is 2. The van der Waals surface area contributed by atoms with Crippen LogP contribution < -0.4 is 0 Å². The monoisotopic (exact) mass is 388 g/mol. The van der Waals surface area contributed by atoms with Crippen molar-refractivity contribution in [2.24, 2.45) is 0 Å². The minimum Gasteiger partial charge on any atom is -0.453 e. The quantitative estimate of drug-likeness (QED) is 0.614. The number of ketones is 1. The molecule has 0 bridgehead atoms. The summed E-state index contributed by atoms with van der Waals surface area (Å²) < 4.78 is 19.6. The van der Waals surface area contributed by atoms with Crippen LogP contribution in [-0.4, -0.2) is 23.3 Å². The fourth-order valence-electron chi connectivity index (χ4n) is 2.50. The van der Waals surface area contributed by atoms with Gasteiger partial charge in [0, 0.05) is 21.2 Å². The zero-order valence-corrected chi connectivity index (χ0v) is 15.5. The number of fused-ring (bicyclic) bond motifs is 1. The van der Waals surface area contributed by atoms with E-state index < -0.39 is 30.1 Å². The molecule has 0 spiro atoms. The molecule has 132 valence electrons. The highest BCUT2D eigenvalue weighted by Crippen LogP contribution is 2.33. The van der Waals surface area contributed by atoms with Gasteiger partial charge in [0.05, 0.1) is 6.07 Å². The van der Waals surface area contributed by atoms with Crippen LogP contribution in [0.2, 0.25) is 0 Å². The molecular weight excluding hydrogens is 375 g/mol. The number of nitriles is 1. The summed E-state index contributed by atoms with van der Waals surface area (Å²) in [5.41, 5.74) is 1.20. The summed E-state index contributed by atoms with van der Waals surface area (Å²) >= 11 is 2.32. The number of halogens is 1. The minimum atomic E-state index is -1.07. The van der Waals surface area contributed by atoms with Gasteiger partial charge < -0.3 is 4.74 Å². The Balaban J connectivity index is 1.75. The summed E-state index contributed by atoms with van der Waals surface area (Å²) in [7, 11) is 0. The second-order valence-corrected chi connectivity index (χ2v) is 7.54. The zero-order valence-electron chi connectivity index (χ0n) is 13.9. The Morgan fingerprint density at radius 2 is 2.15 bits per heavy atom. The number of thiophene rings is 1. The van der Waals surface area contributed by atoms with Gasteiger partial charge in [0.1, 0.15) is 15.7 Å². The molecule has 3 rings (SSSR count). The summed E-state index contributed by atoms with van der Waals surface area (Å²) in [4.78, 5) is 28.9. The summed E-state index contributed by atoms with van der Waals surface area (Å²) in [6.07, 6.45) is 0. The van der Waals surface area contributed by atoms with Gasteiger partial charge in [0.25, 0.3) is 0 Å². The second kappa shape index (κ2) is 7.32. The fourth-order valence-corrected chi connectivity index (χ4v) is 4.48. The molecule has 1 aromatic carbocycles. The van der Waals surface area contributed by atoms with E-state index >= 15 is 0 Å². The van der Waals surface area contributed by atoms with Crippen LogP contribution in [0.5, 0.6) is 0 Å². The number of aromatic nitrogens is 1. The van der Waals surface area contributed by atoms with Gasteiger partial charge in [-0.3, -0.25) is 4.79 Å². The van der Waals surface area contributed by atoms with Crippen molar-refractivity contribution in [1.82, 2.24) is 4.98 Å². The Bertz CT molecular complexity index is 1050. The standard InChI is InChI=1S/C18H13FN2O3S2/c1-9-8-25-17(21-9)11(6-20)13(22)7-24-18(23)16-10(2)15-12(19)4-3-5-14(15)26-16/h3-5,8,11H,7H2,1-2H3/t11-/m0/s1. The van der Waals surface area contributed by atoms with Crippen molar-refractivity contribution in [3.05, 3.63) is 50.5 Å². The molecule has 3 aromatic rings. The largest absolute Gasteiger partial charge is 0.453 e. The van der Waals surface area contributed by atoms with E-state index in [4.69, 9.17) is 4.74 Å². The maximum absolute atomic E-state index is 13.9. The number of ether oxygens (including phenoxy) is 1. The van der Waals surface area contributed by atoms with Gasteiger partial charge in [-0.1, -0.05) is 6.07 Å². The molecule has 0 amide bonds. The summed E-state index contributed by atoms with van der Waals surface area (Å²) in [6, 6.07) is 6.51. The SMILES string of the molecule is Cc1csc([C@@H](C#N)C(=O)COC(=O)c2sc3cccc(F)c3c2C)n1. The van der Waals surface area contributed by atoms with E-state index in [1.807, 2.05) is 6.07 Å². The van der Waals surface area contributed by atoms with Crippen LogP contribution in [0.25, 0.3) is 10.1 Å². The number of benzene rings is 1. The first-order chi connectivity index (χ1) is 12.4. The molecule has 5 nitrogen and oxygen atoms in total. The van der Waals surface area contributed by atoms with E-state index in [2.05, 4.69) is 4.98 Å². The van der Waals surface area contributed by atoms with E-state index in [-0.39, 0.29) is 4.88 Å². The van der Waals surface area contributed by atoms with Gasteiger partial charge in [-0.05, 0) is 31.5 Å². The molecule has 2 heterocycles. The number of Topliss-reactive ketones (excluding diaryl/α,β-unsaturated/α-hetero) is 1. The summed E-state index contributed by atoms with van der Waals surface area (Å²) in [5.74, 6) is -2.72. The first-order valence-electron chi connectivity index (χ1n) is 7.61. The van der Waals surface area contributed by atoms with Crippen LogP contribution in [0, 0.1) is 31.0 Å². The van der Waals surface area contributed by atoms with Gasteiger partial charge in [0.2, 0.25) is 0 Å². The van der Waals surface area contributed by atoms with Gasteiger partial charge in [-0.2, -0.15) is 5.26 Å². The lowest BCUT2D eigenvalue weighted by atomic mass is 10.1. The van der Waals surface area contributed by atoms with Crippen LogP contribution in [0.1, 0.15) is 31.9 Å². The third-order valence-electron chi connectivity index (χ3n) is 3.77. The first kappa shape index (κ1) is 18.2. The normalized spacial score (nSPS) is 11.9. The predicted molar refractivity (Wildman–Crippen MR) is 97.0 cm³/mol. The average molecular weight is 388 g/mol. The lowest BCUT2D eigenvalue weighted by Gasteiger charge is -2.06. The Hall–Kier alpha value is -2.63. The highest BCUT2D eigenvalue weighted by atomic mass is 32.1. The summed E-state index contributed by atoms with van der Waals surface area (Å²) in [5, 5.41) is 11.7. The molecule has 2 aromatic heterocycles. The first-order valence-corrected chi connectivity index (χ1v) is 9.31. The van der Waals surface area contributed by atoms with Crippen molar-refractivity contribution in [2.45, 2.75) is 19.8 Å². The molecule has 0 fully saturated rings. The molecule has 0 saturated heterocycles. The van der Waals surface area contributed by atoms with E-state index in [1.165, 1.54) is 17.4 Å². The van der Waals surface area contributed by atoms with Crippen molar-refractivity contribution in [1.29, 1.82) is 5.26 Å². The van der Waals surface area contributed by atoms with E-state index in [9.17, 15) is 19.2 Å². The second-order valence-electron chi connectivity index (χ2n) is 5.60. The van der Waals surface area contributed by atoms with Crippen LogP contribution in [0.3, 0.4) is 0 Å². The molecule has 0 unspecified atom stereocenters. The van der Waals surface area contributed by atoms with Crippen LogP contribution in [-0.2, 0) is 9.53 Å². The molecule has 8 heteroatoms. The highest BCUT2D eigenvalue weighted by Gasteiger charge is 2.26. The maximum atomic E-state index is 13.9. The number of hydrogen-bond donors (Lipinski definition) is 0. The number of thiazole rings is 1. The van der Waals surface area contributed by atoms with Crippen LogP contribution in [0.15, 0.2) is 23.6 Å². The Morgan fingerprint density at radius 1 is 1.38 bits per heavy atom. The Kier molecular flexibility index (Phi) is 5.11. The van der Waals surface area contributed by atoms with E-state index in [0.717, 1.165) is 17.0 Å². The fraction of sp³-hybridized carbons (Fsp3) is 0.222. The molecule has 0 aliphatic carbocycles. The topological polar surface area (TPSA) is 80.0 Å². The maximum Gasteiger partial charge on any atom is 0.349 e. The Labute approximate surface area is 156 Å². The van der Waals surface area contributed by atoms with Gasteiger partial charge >= 0.3 is 5.97 Å². The van der Waals surface area contributed by atoms with E-state index in [1.54, 1.807) is 31.4 Å². The average Bonchev–Trinajstić information content (AvgIpc) is 3.18. The molecule has 26 heavy (non-hydrogen) atoms. The Morgan fingerprint density at radius 3 is 2.77 bits per heavy atom. The molecule has 1 atom stereocenters. The molecule has 0 radical (unpaired) electrons. The molecule has 0 N–H and O–H groups in total. The van der Waals surface area contributed by atoms with Crippen molar-refractivity contribution in [3.63, 3.8) is 0 Å². The lowest BCUT2D eigenvalue weighted by Crippen LogP contribution is -2.19. The van der Waals surface area contributed by atoms with Gasteiger partial charge in [0.15, 0.2) is 18.3 Å². The highest BCUT2D eigenvalue weighted by molar-refractivity contribution is 7.21. The third kappa shape index (κ3) is 3.36. The van der Waals surface area contributed by atoms with Crippen molar-refractivity contribution < 1.29 is 18.7 Å². The molecule has 0 aliphatic heterocycles. The van der Waals surface area contributed by atoms with Crippen molar-refractivity contribution in [2.75, 3.05) is 6.61 Å². The van der Waals surface area contributed by atoms with Crippen molar-refractivity contribution >= 4 is 44.5 Å². The third-order valence-corrected chi connectivity index (χ3v) is 6.03. The predicted octanol–water partition coefficient (Wildman–Crippen LogP) is 4.15. The number of carbonyl (C=O) groups is 2. The number of nitrogens with zero attached hydrogens (tertiary/aromatic N) is 2. The van der Waals surface area contributed by atoms with Gasteiger partial charge in [-0.25, -0.2) is 14.2 Å². The molecule has 0 aliphatic rings. The smallest absolute Gasteiger partial charge is 0.349 e. The minimum absolute atomic E-state index is 0.247. The lowest BCUT2D eigenvalue weighted by molar-refractivity contribution is -0.122. The summed E-state index contributed by atoms with van der Waals surface area (Å²) in [6.45, 7) is 2.87. The number of esters is 1. The van der Waals surface area contributed by atoms with Crippen LogP contribution >= 0.6 is 22.7 Å². The number of hydrogen-bond acceptors (Lipinski definition) is 7. The van der Waals surface area contributed by atoms with Crippen LogP contribution in [0.4, 0.5) is 4.39 Å².